The molecule has 1 atom stereocenters. The second-order valence-corrected chi connectivity index (χ2v) is 4.00. The number of aryl methyl sites for hydroxylation is 2. The highest BCUT2D eigenvalue weighted by molar-refractivity contribution is 5.26. The molecule has 2 rings (SSSR count). The number of rotatable bonds is 1. The Morgan fingerprint density at radius 3 is 2.79 bits per heavy atom. The van der Waals surface area contributed by atoms with E-state index in [1.54, 1.807) is 6.07 Å². The molecule has 0 aromatic carbocycles. The Labute approximate surface area is 83.5 Å². The predicted octanol–water partition coefficient (Wildman–Crippen LogP) is 1.42. The third kappa shape index (κ3) is 1.60. The number of pyridine rings is 1. The lowest BCUT2D eigenvalue weighted by molar-refractivity contribution is 0.634. The van der Waals surface area contributed by atoms with E-state index in [0.29, 0.717) is 0 Å². The quantitative estimate of drug-likeness (QED) is 0.706. The van der Waals surface area contributed by atoms with Gasteiger partial charge >= 0.3 is 0 Å². The van der Waals surface area contributed by atoms with Crippen LogP contribution in [0.4, 0.5) is 0 Å². The summed E-state index contributed by atoms with van der Waals surface area (Å²) in [6, 6.07) is 1.95. The van der Waals surface area contributed by atoms with Crippen LogP contribution < -0.4 is 10.7 Å². The number of H-pyrrole nitrogens is 1. The average Bonchev–Trinajstić information content (AvgIpc) is 2.54. The van der Waals surface area contributed by atoms with Crippen LogP contribution in [-0.2, 0) is 0 Å². The van der Waals surface area contributed by atoms with Crippen LogP contribution in [0.5, 0.6) is 0 Å². The number of nitrogens with one attached hydrogen (secondary N) is 2. The molecule has 0 amide bonds. The van der Waals surface area contributed by atoms with Crippen LogP contribution in [0, 0.1) is 13.8 Å². The minimum atomic E-state index is 0.165. The molecule has 1 aromatic rings. The van der Waals surface area contributed by atoms with Crippen molar-refractivity contribution in [2.24, 2.45) is 0 Å². The Bertz CT molecular complexity index is 389. The summed E-state index contributed by atoms with van der Waals surface area (Å²) in [7, 11) is 0. The van der Waals surface area contributed by atoms with Crippen molar-refractivity contribution in [3.05, 3.63) is 33.2 Å². The van der Waals surface area contributed by atoms with Gasteiger partial charge in [0.05, 0.1) is 0 Å². The smallest absolute Gasteiger partial charge is 0.186 e. The highest BCUT2D eigenvalue weighted by atomic mass is 16.1. The highest BCUT2D eigenvalue weighted by Crippen LogP contribution is 2.21. The molecule has 0 aliphatic carbocycles. The van der Waals surface area contributed by atoms with E-state index in [4.69, 9.17) is 0 Å². The van der Waals surface area contributed by atoms with E-state index in [1.807, 2.05) is 13.8 Å². The van der Waals surface area contributed by atoms with Gasteiger partial charge in [0.1, 0.15) is 0 Å². The standard InChI is InChI=1S/C11H16N2O/c1-7-6-10(14)11(8(2)13-7)9-4-3-5-12-9/h6,9,12H,3-5H2,1-2H3,(H,13,14)/t9-/m1/s1. The fourth-order valence-corrected chi connectivity index (χ4v) is 2.22. The molecule has 14 heavy (non-hydrogen) atoms. The Kier molecular flexibility index (Phi) is 2.42. The van der Waals surface area contributed by atoms with Crippen molar-refractivity contribution in [1.82, 2.24) is 10.3 Å². The fourth-order valence-electron chi connectivity index (χ4n) is 2.22. The molecule has 3 heteroatoms. The molecule has 1 fully saturated rings. The summed E-state index contributed by atoms with van der Waals surface area (Å²) in [5.41, 5.74) is 3.04. The van der Waals surface area contributed by atoms with Gasteiger partial charge in [0, 0.05) is 29.1 Å². The van der Waals surface area contributed by atoms with Crippen molar-refractivity contribution < 1.29 is 0 Å². The normalized spacial score (nSPS) is 21.4. The summed E-state index contributed by atoms with van der Waals surface area (Å²) in [6.07, 6.45) is 2.24. The zero-order valence-electron chi connectivity index (χ0n) is 8.68. The largest absolute Gasteiger partial charge is 0.362 e. The van der Waals surface area contributed by atoms with Gasteiger partial charge in [-0.05, 0) is 33.2 Å². The van der Waals surface area contributed by atoms with Crippen molar-refractivity contribution in [3.63, 3.8) is 0 Å². The Balaban J connectivity index is 2.46. The molecule has 2 heterocycles. The number of hydrogen-bond acceptors (Lipinski definition) is 2. The first-order valence-corrected chi connectivity index (χ1v) is 5.12. The summed E-state index contributed by atoms with van der Waals surface area (Å²) in [5, 5.41) is 3.35. The van der Waals surface area contributed by atoms with Crippen LogP contribution >= 0.6 is 0 Å². The van der Waals surface area contributed by atoms with Gasteiger partial charge in [0.15, 0.2) is 5.43 Å². The molecule has 3 nitrogen and oxygen atoms in total. The first kappa shape index (κ1) is 9.46. The third-order valence-corrected chi connectivity index (χ3v) is 2.81. The number of aromatic amines is 1. The SMILES string of the molecule is Cc1cc(=O)c([C@H]2CCCN2)c(C)[nH]1. The van der Waals surface area contributed by atoms with Crippen molar-refractivity contribution in [2.45, 2.75) is 32.7 Å². The van der Waals surface area contributed by atoms with Gasteiger partial charge in [-0.1, -0.05) is 0 Å². The van der Waals surface area contributed by atoms with Crippen LogP contribution in [0.2, 0.25) is 0 Å². The van der Waals surface area contributed by atoms with E-state index < -0.39 is 0 Å². The van der Waals surface area contributed by atoms with Gasteiger partial charge in [0.2, 0.25) is 0 Å². The Morgan fingerprint density at radius 1 is 1.43 bits per heavy atom. The zero-order chi connectivity index (χ0) is 10.1. The molecule has 2 N–H and O–H groups in total. The second kappa shape index (κ2) is 3.58. The van der Waals surface area contributed by atoms with Gasteiger partial charge in [0.25, 0.3) is 0 Å². The molecule has 1 saturated heterocycles. The average molecular weight is 192 g/mol. The van der Waals surface area contributed by atoms with E-state index in [0.717, 1.165) is 36.3 Å². The molecule has 76 valence electrons. The molecular formula is C11H16N2O. The zero-order valence-corrected chi connectivity index (χ0v) is 8.68. The minimum Gasteiger partial charge on any atom is -0.362 e. The van der Waals surface area contributed by atoms with E-state index in [2.05, 4.69) is 10.3 Å². The molecule has 0 radical (unpaired) electrons. The summed E-state index contributed by atoms with van der Waals surface area (Å²) in [4.78, 5) is 15.0. The van der Waals surface area contributed by atoms with Crippen LogP contribution in [-0.4, -0.2) is 11.5 Å². The first-order chi connectivity index (χ1) is 6.68. The predicted molar refractivity (Wildman–Crippen MR) is 56.5 cm³/mol. The number of aromatic nitrogens is 1. The van der Waals surface area contributed by atoms with E-state index in [1.165, 1.54) is 0 Å². The molecule has 0 unspecified atom stereocenters. The van der Waals surface area contributed by atoms with Crippen molar-refractivity contribution in [3.8, 4) is 0 Å². The summed E-state index contributed by atoms with van der Waals surface area (Å²) in [5.74, 6) is 0. The van der Waals surface area contributed by atoms with Gasteiger partial charge < -0.3 is 10.3 Å². The summed E-state index contributed by atoms with van der Waals surface area (Å²) < 4.78 is 0. The van der Waals surface area contributed by atoms with Gasteiger partial charge in [-0.25, -0.2) is 0 Å². The maximum atomic E-state index is 11.8. The maximum absolute atomic E-state index is 11.8. The monoisotopic (exact) mass is 192 g/mol. The Hall–Kier alpha value is -1.09. The molecule has 1 aromatic heterocycles. The molecule has 0 bridgehead atoms. The summed E-state index contributed by atoms with van der Waals surface area (Å²) >= 11 is 0. The molecule has 1 aliphatic heterocycles. The van der Waals surface area contributed by atoms with E-state index >= 15 is 0 Å². The fraction of sp³-hybridized carbons (Fsp3) is 0.545. The van der Waals surface area contributed by atoms with Gasteiger partial charge in [-0.15, -0.1) is 0 Å². The van der Waals surface area contributed by atoms with Crippen molar-refractivity contribution in [2.75, 3.05) is 6.54 Å². The van der Waals surface area contributed by atoms with E-state index in [9.17, 15) is 4.79 Å². The lowest BCUT2D eigenvalue weighted by Gasteiger charge is -2.13. The van der Waals surface area contributed by atoms with Crippen LogP contribution in [0.15, 0.2) is 10.9 Å². The van der Waals surface area contributed by atoms with E-state index in [-0.39, 0.29) is 11.5 Å². The Morgan fingerprint density at radius 2 is 2.21 bits per heavy atom. The van der Waals surface area contributed by atoms with Crippen LogP contribution in [0.1, 0.15) is 35.8 Å². The highest BCUT2D eigenvalue weighted by Gasteiger charge is 2.20. The van der Waals surface area contributed by atoms with Crippen molar-refractivity contribution in [1.29, 1.82) is 0 Å². The van der Waals surface area contributed by atoms with Gasteiger partial charge in [-0.2, -0.15) is 0 Å². The third-order valence-electron chi connectivity index (χ3n) is 2.81. The second-order valence-electron chi connectivity index (χ2n) is 4.00. The summed E-state index contributed by atoms with van der Waals surface area (Å²) in [6.45, 7) is 4.92. The maximum Gasteiger partial charge on any atom is 0.186 e. The van der Waals surface area contributed by atoms with Crippen LogP contribution in [0.25, 0.3) is 0 Å². The van der Waals surface area contributed by atoms with Crippen molar-refractivity contribution >= 4 is 0 Å². The topological polar surface area (TPSA) is 44.9 Å². The minimum absolute atomic E-state index is 0.165. The molecule has 0 saturated carbocycles. The molecule has 0 spiro atoms. The molecule has 1 aliphatic rings. The number of hydrogen-bond donors (Lipinski definition) is 2. The first-order valence-electron chi connectivity index (χ1n) is 5.12. The lowest BCUT2D eigenvalue weighted by Crippen LogP contribution is -2.23. The van der Waals surface area contributed by atoms with Gasteiger partial charge in [-0.3, -0.25) is 4.79 Å². The molecular weight excluding hydrogens is 176 g/mol. The van der Waals surface area contributed by atoms with Crippen LogP contribution in [0.3, 0.4) is 0 Å². The lowest BCUT2D eigenvalue weighted by atomic mass is 10.0.